The molecular weight excluding hydrogens is 416 g/mol. The van der Waals surface area contributed by atoms with E-state index in [0.29, 0.717) is 24.2 Å². The summed E-state index contributed by atoms with van der Waals surface area (Å²) in [4.78, 5) is 9.24. The predicted octanol–water partition coefficient (Wildman–Crippen LogP) is 3.18. The van der Waals surface area contributed by atoms with Crippen molar-refractivity contribution in [1.29, 1.82) is 0 Å². The number of nitrogens with one attached hydrogen (secondary N) is 1. The van der Waals surface area contributed by atoms with Crippen molar-refractivity contribution in [3.05, 3.63) is 54.2 Å². The molecular formula is C24H30N8O. The maximum atomic E-state index is 5.53. The number of aryl methyl sites for hydroxylation is 1. The van der Waals surface area contributed by atoms with Gasteiger partial charge in [0, 0.05) is 19.2 Å². The van der Waals surface area contributed by atoms with Crippen molar-refractivity contribution < 1.29 is 4.74 Å². The Hall–Kier alpha value is -3.33. The molecule has 9 nitrogen and oxygen atoms in total. The van der Waals surface area contributed by atoms with Crippen LogP contribution in [0.4, 0.5) is 0 Å². The number of nitrogens with zero attached hydrogens (tertiary/aromatic N) is 7. The number of aromatic nitrogens is 7. The van der Waals surface area contributed by atoms with Gasteiger partial charge in [-0.25, -0.2) is 9.97 Å². The third kappa shape index (κ3) is 5.19. The first kappa shape index (κ1) is 21.5. The van der Waals surface area contributed by atoms with Crippen molar-refractivity contribution >= 4 is 11.2 Å². The number of fused-ring (bicyclic) bond motifs is 1. The fourth-order valence-corrected chi connectivity index (χ4v) is 4.39. The van der Waals surface area contributed by atoms with Gasteiger partial charge in [-0.15, -0.1) is 5.10 Å². The summed E-state index contributed by atoms with van der Waals surface area (Å²) in [6, 6.07) is 7.76. The molecule has 9 heteroatoms. The minimum Gasteiger partial charge on any atom is -0.494 e. The van der Waals surface area contributed by atoms with Gasteiger partial charge in [0.25, 0.3) is 0 Å². The molecule has 3 aromatic heterocycles. The van der Waals surface area contributed by atoms with Crippen molar-refractivity contribution in [2.75, 3.05) is 19.7 Å². The molecule has 0 atom stereocenters. The third-order valence-electron chi connectivity index (χ3n) is 6.14. The smallest absolute Gasteiger partial charge is 0.187 e. The Morgan fingerprint density at radius 1 is 1.12 bits per heavy atom. The second kappa shape index (κ2) is 10.1. The Balaban J connectivity index is 1.24. The number of rotatable bonds is 9. The number of hydrogen-bond donors (Lipinski definition) is 1. The van der Waals surface area contributed by atoms with Gasteiger partial charge in [0.2, 0.25) is 0 Å². The highest BCUT2D eigenvalue weighted by Gasteiger charge is 2.13. The van der Waals surface area contributed by atoms with E-state index in [1.807, 2.05) is 42.1 Å². The minimum absolute atomic E-state index is 0.624. The van der Waals surface area contributed by atoms with Crippen LogP contribution in [0.5, 0.6) is 5.75 Å². The van der Waals surface area contributed by atoms with Gasteiger partial charge < -0.3 is 10.1 Å². The SMILES string of the molecule is CCOc1ccc(-n2nnc3cnc(Cc4cnn(CCCC5CCNCC5)c4)nc32)cc1. The molecule has 1 saturated heterocycles. The Bertz CT molecular complexity index is 1180. The van der Waals surface area contributed by atoms with Crippen LogP contribution < -0.4 is 10.1 Å². The first-order valence-corrected chi connectivity index (χ1v) is 11.8. The van der Waals surface area contributed by atoms with Crippen molar-refractivity contribution in [1.82, 2.24) is 40.1 Å². The maximum Gasteiger partial charge on any atom is 0.187 e. The molecule has 4 aromatic rings. The van der Waals surface area contributed by atoms with Crippen molar-refractivity contribution in [2.24, 2.45) is 5.92 Å². The highest BCUT2D eigenvalue weighted by molar-refractivity contribution is 5.70. The number of benzene rings is 1. The Morgan fingerprint density at radius 3 is 2.79 bits per heavy atom. The van der Waals surface area contributed by atoms with E-state index in [-0.39, 0.29) is 0 Å². The van der Waals surface area contributed by atoms with Crippen LogP contribution in [0.3, 0.4) is 0 Å². The van der Waals surface area contributed by atoms with Gasteiger partial charge in [0.05, 0.1) is 24.7 Å². The second-order valence-electron chi connectivity index (χ2n) is 8.55. The summed E-state index contributed by atoms with van der Waals surface area (Å²) in [7, 11) is 0. The molecule has 0 saturated carbocycles. The van der Waals surface area contributed by atoms with E-state index in [2.05, 4.69) is 31.9 Å². The molecule has 0 bridgehead atoms. The van der Waals surface area contributed by atoms with Crippen LogP contribution >= 0.6 is 0 Å². The minimum atomic E-state index is 0.624. The quantitative estimate of drug-likeness (QED) is 0.422. The van der Waals surface area contributed by atoms with E-state index in [1.165, 1.54) is 25.7 Å². The van der Waals surface area contributed by atoms with E-state index in [9.17, 15) is 0 Å². The van der Waals surface area contributed by atoms with Gasteiger partial charge in [-0.3, -0.25) is 4.68 Å². The summed E-state index contributed by atoms with van der Waals surface area (Å²) in [5.74, 6) is 2.41. The highest BCUT2D eigenvalue weighted by Crippen LogP contribution is 2.20. The van der Waals surface area contributed by atoms with Crippen molar-refractivity contribution in [2.45, 2.75) is 45.6 Å². The van der Waals surface area contributed by atoms with Gasteiger partial charge >= 0.3 is 0 Å². The van der Waals surface area contributed by atoms with Crippen LogP contribution in [0.2, 0.25) is 0 Å². The molecule has 0 aliphatic carbocycles. The second-order valence-corrected chi connectivity index (χ2v) is 8.55. The zero-order chi connectivity index (χ0) is 22.5. The number of ether oxygens (including phenoxy) is 1. The molecule has 1 aliphatic heterocycles. The lowest BCUT2D eigenvalue weighted by atomic mass is 9.93. The van der Waals surface area contributed by atoms with E-state index < -0.39 is 0 Å². The summed E-state index contributed by atoms with van der Waals surface area (Å²) >= 11 is 0. The van der Waals surface area contributed by atoms with Crippen LogP contribution in [0.15, 0.2) is 42.9 Å². The van der Waals surface area contributed by atoms with Crippen LogP contribution in [-0.2, 0) is 13.0 Å². The van der Waals surface area contributed by atoms with Gasteiger partial charge in [0.15, 0.2) is 11.2 Å². The van der Waals surface area contributed by atoms with Crippen LogP contribution in [0.1, 0.15) is 44.0 Å². The Morgan fingerprint density at radius 2 is 1.97 bits per heavy atom. The molecule has 4 heterocycles. The van der Waals surface area contributed by atoms with Crippen LogP contribution in [0, 0.1) is 5.92 Å². The normalized spacial score (nSPS) is 14.7. The third-order valence-corrected chi connectivity index (χ3v) is 6.14. The molecule has 1 aliphatic rings. The van der Waals surface area contributed by atoms with Gasteiger partial charge in [0.1, 0.15) is 11.6 Å². The van der Waals surface area contributed by atoms with Crippen LogP contribution in [0.25, 0.3) is 16.9 Å². The molecule has 0 unspecified atom stereocenters. The average Bonchev–Trinajstić information content (AvgIpc) is 3.47. The molecule has 33 heavy (non-hydrogen) atoms. The first-order chi connectivity index (χ1) is 16.3. The zero-order valence-corrected chi connectivity index (χ0v) is 19.0. The van der Waals surface area contributed by atoms with E-state index >= 15 is 0 Å². The lowest BCUT2D eigenvalue weighted by Crippen LogP contribution is -2.27. The standard InChI is InChI=1S/C24H30N8O/c1-2-33-21-7-5-20(6-8-21)32-24-22(29-30-32)16-26-23(28-24)14-19-15-27-31(17-19)13-3-4-18-9-11-25-12-10-18/h5-8,15-18,25H,2-4,9-14H2,1H3. The largest absolute Gasteiger partial charge is 0.494 e. The van der Waals surface area contributed by atoms with E-state index in [1.54, 1.807) is 10.9 Å². The lowest BCUT2D eigenvalue weighted by molar-refractivity contribution is 0.337. The van der Waals surface area contributed by atoms with E-state index in [4.69, 9.17) is 9.72 Å². The maximum absolute atomic E-state index is 5.53. The first-order valence-electron chi connectivity index (χ1n) is 11.8. The lowest BCUT2D eigenvalue weighted by Gasteiger charge is -2.22. The molecule has 0 amide bonds. The summed E-state index contributed by atoms with van der Waals surface area (Å²) in [6.07, 6.45) is 11.4. The Labute approximate surface area is 193 Å². The fourth-order valence-electron chi connectivity index (χ4n) is 4.39. The van der Waals surface area contributed by atoms with Gasteiger partial charge in [-0.05, 0) is 81.4 Å². The summed E-state index contributed by atoms with van der Waals surface area (Å²) in [6.45, 7) is 5.88. The van der Waals surface area contributed by atoms with Crippen LogP contribution in [-0.4, -0.2) is 54.4 Å². The molecule has 0 radical (unpaired) electrons. The molecule has 1 aromatic carbocycles. The number of piperidine rings is 1. The Kier molecular flexibility index (Phi) is 6.57. The highest BCUT2D eigenvalue weighted by atomic mass is 16.5. The zero-order valence-electron chi connectivity index (χ0n) is 19.0. The molecule has 172 valence electrons. The topological polar surface area (TPSA) is 95.6 Å². The summed E-state index contributed by atoms with van der Waals surface area (Å²) in [5.41, 5.74) is 3.35. The summed E-state index contributed by atoms with van der Waals surface area (Å²) in [5, 5.41) is 16.5. The predicted molar refractivity (Wildman–Crippen MR) is 125 cm³/mol. The van der Waals surface area contributed by atoms with Gasteiger partial charge in [-0.2, -0.15) is 9.78 Å². The van der Waals surface area contributed by atoms with Crippen molar-refractivity contribution in [3.8, 4) is 11.4 Å². The van der Waals surface area contributed by atoms with E-state index in [0.717, 1.165) is 48.4 Å². The molecule has 0 spiro atoms. The monoisotopic (exact) mass is 446 g/mol. The summed E-state index contributed by atoms with van der Waals surface area (Å²) < 4.78 is 9.31. The fraction of sp³-hybridized carbons (Fsp3) is 0.458. The molecule has 1 fully saturated rings. The average molecular weight is 447 g/mol. The molecule has 1 N–H and O–H groups in total. The van der Waals surface area contributed by atoms with Gasteiger partial charge in [-0.1, -0.05) is 5.21 Å². The van der Waals surface area contributed by atoms with Crippen molar-refractivity contribution in [3.63, 3.8) is 0 Å². The molecule has 5 rings (SSSR count). The number of hydrogen-bond acceptors (Lipinski definition) is 7.